The fraction of sp³-hybridized carbons (Fsp3) is 0.300. The lowest BCUT2D eigenvalue weighted by atomic mass is 10.1. The first kappa shape index (κ1) is 12.5. The maximum absolute atomic E-state index is 12.9. The van der Waals surface area contributed by atoms with Crippen molar-refractivity contribution in [2.24, 2.45) is 0 Å². The summed E-state index contributed by atoms with van der Waals surface area (Å²) in [5, 5.41) is -0.798. The van der Waals surface area contributed by atoms with Crippen molar-refractivity contribution in [3.8, 4) is 0 Å². The third-order valence-electron chi connectivity index (χ3n) is 1.86. The minimum absolute atomic E-state index is 0.229. The molecule has 1 aromatic carbocycles. The smallest absolute Gasteiger partial charge is 0.324 e. The van der Waals surface area contributed by atoms with Gasteiger partial charge in [-0.2, -0.15) is 0 Å². The highest BCUT2D eigenvalue weighted by Crippen LogP contribution is 2.21. The molecule has 0 aliphatic rings. The molecule has 0 saturated carbocycles. The standard InChI is InChI=1S/C10H9BrClFO2/c1-15-10(14)9(12)5-6-4-7(13)2-3-8(6)11/h2-4,9H,5H2,1H3. The topological polar surface area (TPSA) is 26.3 Å². The lowest BCUT2D eigenvalue weighted by Gasteiger charge is -2.08. The molecule has 0 aliphatic heterocycles. The van der Waals surface area contributed by atoms with Gasteiger partial charge in [-0.25, -0.2) is 4.39 Å². The highest BCUT2D eigenvalue weighted by molar-refractivity contribution is 9.10. The average Bonchev–Trinajstić information content (AvgIpc) is 2.22. The summed E-state index contributed by atoms with van der Waals surface area (Å²) >= 11 is 9.02. The SMILES string of the molecule is COC(=O)C(Cl)Cc1cc(F)ccc1Br. The van der Waals surface area contributed by atoms with E-state index in [0.717, 1.165) is 4.47 Å². The fourth-order valence-electron chi connectivity index (χ4n) is 1.10. The van der Waals surface area contributed by atoms with Crippen LogP contribution in [0.4, 0.5) is 4.39 Å². The zero-order chi connectivity index (χ0) is 11.4. The molecule has 1 rings (SSSR count). The third kappa shape index (κ3) is 3.47. The molecule has 0 radical (unpaired) electrons. The van der Waals surface area contributed by atoms with Gasteiger partial charge in [0.1, 0.15) is 11.2 Å². The molecule has 1 unspecified atom stereocenters. The second kappa shape index (κ2) is 5.47. The zero-order valence-electron chi connectivity index (χ0n) is 7.97. The summed E-state index contributed by atoms with van der Waals surface area (Å²) < 4.78 is 18.1. The van der Waals surface area contributed by atoms with Gasteiger partial charge in [0.2, 0.25) is 0 Å². The normalized spacial score (nSPS) is 12.3. The van der Waals surface area contributed by atoms with Crippen LogP contribution in [0.3, 0.4) is 0 Å². The van der Waals surface area contributed by atoms with E-state index in [1.807, 2.05) is 0 Å². The Balaban J connectivity index is 2.80. The van der Waals surface area contributed by atoms with Gasteiger partial charge < -0.3 is 4.74 Å². The van der Waals surface area contributed by atoms with Crippen molar-refractivity contribution in [3.63, 3.8) is 0 Å². The van der Waals surface area contributed by atoms with Crippen molar-refractivity contribution >= 4 is 33.5 Å². The number of carbonyl (C=O) groups excluding carboxylic acids is 1. The minimum atomic E-state index is -0.798. The van der Waals surface area contributed by atoms with Crippen molar-refractivity contribution in [2.75, 3.05) is 7.11 Å². The molecule has 15 heavy (non-hydrogen) atoms. The van der Waals surface area contributed by atoms with Gasteiger partial charge in [-0.05, 0) is 23.8 Å². The van der Waals surface area contributed by atoms with E-state index in [0.29, 0.717) is 5.56 Å². The van der Waals surface area contributed by atoms with Crippen LogP contribution < -0.4 is 0 Å². The molecule has 0 aliphatic carbocycles. The molecule has 0 fully saturated rings. The summed E-state index contributed by atoms with van der Waals surface area (Å²) in [6.07, 6.45) is 0.229. The van der Waals surface area contributed by atoms with Crippen LogP contribution >= 0.6 is 27.5 Å². The van der Waals surface area contributed by atoms with Gasteiger partial charge in [-0.1, -0.05) is 15.9 Å². The Labute approximate surface area is 101 Å². The molecule has 1 aromatic rings. The van der Waals surface area contributed by atoms with Crippen LogP contribution in [0.1, 0.15) is 5.56 Å². The molecule has 0 bridgehead atoms. The van der Waals surface area contributed by atoms with E-state index in [9.17, 15) is 9.18 Å². The Kier molecular flexibility index (Phi) is 4.54. The van der Waals surface area contributed by atoms with E-state index >= 15 is 0 Å². The Morgan fingerprint density at radius 1 is 1.67 bits per heavy atom. The minimum Gasteiger partial charge on any atom is -0.468 e. The molecule has 2 nitrogen and oxygen atoms in total. The van der Waals surface area contributed by atoms with Gasteiger partial charge in [-0.3, -0.25) is 4.79 Å². The van der Waals surface area contributed by atoms with E-state index in [1.54, 1.807) is 6.07 Å². The third-order valence-corrected chi connectivity index (χ3v) is 2.97. The van der Waals surface area contributed by atoms with Gasteiger partial charge in [0.05, 0.1) is 7.11 Å². The fourth-order valence-corrected chi connectivity index (χ4v) is 1.77. The van der Waals surface area contributed by atoms with E-state index < -0.39 is 11.3 Å². The van der Waals surface area contributed by atoms with Gasteiger partial charge in [0.15, 0.2) is 0 Å². The molecule has 0 amide bonds. The Bertz CT molecular complexity index is 370. The van der Waals surface area contributed by atoms with Crippen LogP contribution in [0.2, 0.25) is 0 Å². The summed E-state index contributed by atoms with van der Waals surface area (Å²) in [6, 6.07) is 4.24. The molecule has 0 N–H and O–H groups in total. The highest BCUT2D eigenvalue weighted by atomic mass is 79.9. The highest BCUT2D eigenvalue weighted by Gasteiger charge is 2.17. The lowest BCUT2D eigenvalue weighted by Crippen LogP contribution is -2.18. The predicted molar refractivity (Wildman–Crippen MR) is 59.5 cm³/mol. The Morgan fingerprint density at radius 2 is 2.33 bits per heavy atom. The Hall–Kier alpha value is -0.610. The maximum Gasteiger partial charge on any atom is 0.324 e. The predicted octanol–water partition coefficient (Wildman–Crippen LogP) is 2.91. The number of esters is 1. The largest absolute Gasteiger partial charge is 0.468 e. The molecular formula is C10H9BrClFO2. The summed E-state index contributed by atoms with van der Waals surface area (Å²) in [5.41, 5.74) is 0.639. The molecule has 1 atom stereocenters. The molecule has 0 saturated heterocycles. The van der Waals surface area contributed by atoms with Gasteiger partial charge in [0, 0.05) is 10.9 Å². The first-order valence-electron chi connectivity index (χ1n) is 4.20. The summed E-state index contributed by atoms with van der Waals surface area (Å²) in [4.78, 5) is 11.0. The molecular weight excluding hydrogens is 286 g/mol. The number of alkyl halides is 1. The van der Waals surface area contributed by atoms with Crippen LogP contribution in [-0.4, -0.2) is 18.5 Å². The van der Waals surface area contributed by atoms with Crippen LogP contribution in [0.15, 0.2) is 22.7 Å². The van der Waals surface area contributed by atoms with Crippen molar-refractivity contribution < 1.29 is 13.9 Å². The number of hydrogen-bond acceptors (Lipinski definition) is 2. The zero-order valence-corrected chi connectivity index (χ0v) is 10.3. The Morgan fingerprint density at radius 3 is 2.93 bits per heavy atom. The number of ether oxygens (including phenoxy) is 1. The first-order valence-corrected chi connectivity index (χ1v) is 5.43. The summed E-state index contributed by atoms with van der Waals surface area (Å²) in [5.74, 6) is -0.880. The molecule has 5 heteroatoms. The number of benzene rings is 1. The van der Waals surface area contributed by atoms with Gasteiger partial charge in [-0.15, -0.1) is 11.6 Å². The first-order chi connectivity index (χ1) is 7.04. The maximum atomic E-state index is 12.9. The number of carbonyl (C=O) groups is 1. The van der Waals surface area contributed by atoms with Crippen molar-refractivity contribution in [2.45, 2.75) is 11.8 Å². The summed E-state index contributed by atoms with van der Waals surface area (Å²) in [7, 11) is 1.26. The van der Waals surface area contributed by atoms with E-state index in [-0.39, 0.29) is 12.2 Å². The van der Waals surface area contributed by atoms with E-state index in [2.05, 4.69) is 20.7 Å². The van der Waals surface area contributed by atoms with Crippen molar-refractivity contribution in [1.82, 2.24) is 0 Å². The van der Waals surface area contributed by atoms with Gasteiger partial charge >= 0.3 is 5.97 Å². The van der Waals surface area contributed by atoms with Gasteiger partial charge in [0.25, 0.3) is 0 Å². The molecule has 82 valence electrons. The lowest BCUT2D eigenvalue weighted by molar-refractivity contribution is -0.140. The van der Waals surface area contributed by atoms with Crippen molar-refractivity contribution in [3.05, 3.63) is 34.1 Å². The number of rotatable bonds is 3. The van der Waals surface area contributed by atoms with E-state index in [4.69, 9.17) is 11.6 Å². The van der Waals surface area contributed by atoms with Crippen LogP contribution in [0.5, 0.6) is 0 Å². The molecule has 0 spiro atoms. The monoisotopic (exact) mass is 294 g/mol. The molecule has 0 aromatic heterocycles. The number of halogens is 3. The van der Waals surface area contributed by atoms with Crippen LogP contribution in [0, 0.1) is 5.82 Å². The van der Waals surface area contributed by atoms with E-state index in [1.165, 1.54) is 19.2 Å². The second-order valence-corrected chi connectivity index (χ2v) is 4.31. The van der Waals surface area contributed by atoms with Crippen molar-refractivity contribution in [1.29, 1.82) is 0 Å². The molecule has 0 heterocycles. The number of methoxy groups -OCH3 is 1. The second-order valence-electron chi connectivity index (χ2n) is 2.93. The van der Waals surface area contributed by atoms with Crippen LogP contribution in [0.25, 0.3) is 0 Å². The average molecular weight is 296 g/mol. The number of hydrogen-bond donors (Lipinski definition) is 0. The van der Waals surface area contributed by atoms with Crippen LogP contribution in [-0.2, 0) is 16.0 Å². The summed E-state index contributed by atoms with van der Waals surface area (Å²) in [6.45, 7) is 0. The quantitative estimate of drug-likeness (QED) is 0.633.